The van der Waals surface area contributed by atoms with E-state index in [9.17, 15) is 9.59 Å². The summed E-state index contributed by atoms with van der Waals surface area (Å²) in [5, 5.41) is 18.1. The minimum absolute atomic E-state index is 0.324. The molecular formula is C14H13NO4S. The van der Waals surface area contributed by atoms with Gasteiger partial charge in [0.2, 0.25) is 5.43 Å². The number of Topliss-reactive ketones (excluding diaryl/α,β-unsaturated/α-hetero) is 1. The summed E-state index contributed by atoms with van der Waals surface area (Å²) in [5.41, 5.74) is 0.657. The first-order valence-electron chi connectivity index (χ1n) is 5.88. The molecule has 0 saturated heterocycles. The van der Waals surface area contributed by atoms with Gasteiger partial charge in [0.15, 0.2) is 11.5 Å². The van der Waals surface area contributed by atoms with E-state index in [4.69, 9.17) is 10.2 Å². The van der Waals surface area contributed by atoms with Gasteiger partial charge in [-0.25, -0.2) is 0 Å². The molecular weight excluding hydrogens is 278 g/mol. The first-order chi connectivity index (χ1) is 9.61. The summed E-state index contributed by atoms with van der Waals surface area (Å²) in [6, 6.07) is 8.29. The molecule has 2 aromatic rings. The van der Waals surface area contributed by atoms with Crippen LogP contribution >= 0.6 is 11.8 Å². The van der Waals surface area contributed by atoms with Crippen molar-refractivity contribution in [3.8, 4) is 5.75 Å². The highest BCUT2D eigenvalue weighted by molar-refractivity contribution is 7.98. The van der Waals surface area contributed by atoms with Crippen LogP contribution < -0.4 is 5.43 Å². The number of thioether (sulfide) groups is 1. The lowest BCUT2D eigenvalue weighted by atomic mass is 10.1. The van der Waals surface area contributed by atoms with Crippen LogP contribution in [0.2, 0.25) is 0 Å². The van der Waals surface area contributed by atoms with E-state index in [1.54, 1.807) is 24.3 Å². The second-order valence-electron chi connectivity index (χ2n) is 4.07. The molecule has 0 aliphatic rings. The standard InChI is InChI=1S/C14H13NO4S/c16-7-13(19)10-3-1-2-4-14(10)20-8-9-5-11(17)12(18)6-15-9/h1-6,16,18H,7-8H2,(H,15,17). The average molecular weight is 291 g/mol. The Morgan fingerprint density at radius 3 is 2.75 bits per heavy atom. The van der Waals surface area contributed by atoms with Crippen molar-refractivity contribution in [2.45, 2.75) is 10.6 Å². The van der Waals surface area contributed by atoms with E-state index in [1.807, 2.05) is 0 Å². The maximum Gasteiger partial charge on any atom is 0.223 e. The fourth-order valence-electron chi connectivity index (χ4n) is 1.65. The summed E-state index contributed by atoms with van der Waals surface area (Å²) in [6.45, 7) is -0.534. The molecule has 20 heavy (non-hydrogen) atoms. The lowest BCUT2D eigenvalue weighted by molar-refractivity contribution is 0.0901. The molecule has 5 nitrogen and oxygen atoms in total. The topological polar surface area (TPSA) is 90.4 Å². The van der Waals surface area contributed by atoms with Crippen LogP contribution in [0.15, 0.2) is 46.2 Å². The first kappa shape index (κ1) is 14.4. The summed E-state index contributed by atoms with van der Waals surface area (Å²) >= 11 is 1.37. The summed E-state index contributed by atoms with van der Waals surface area (Å²) < 4.78 is 0. The molecule has 2 rings (SSSR count). The van der Waals surface area contributed by atoms with Gasteiger partial charge < -0.3 is 15.2 Å². The number of carbonyl (C=O) groups excluding carboxylic acids is 1. The second kappa shape index (κ2) is 6.40. The van der Waals surface area contributed by atoms with Crippen molar-refractivity contribution >= 4 is 17.5 Å². The molecule has 0 amide bonds. The Bertz CT molecular complexity index is 681. The number of hydrogen-bond acceptors (Lipinski definition) is 5. The SMILES string of the molecule is O=C(CO)c1ccccc1SCc1cc(=O)c(O)c[nH]1. The van der Waals surface area contributed by atoms with Gasteiger partial charge in [-0.15, -0.1) is 11.8 Å². The molecule has 6 heteroatoms. The predicted molar refractivity (Wildman–Crippen MR) is 76.1 cm³/mol. The lowest BCUT2D eigenvalue weighted by Crippen LogP contribution is -2.06. The third-order valence-corrected chi connectivity index (χ3v) is 3.79. The van der Waals surface area contributed by atoms with Gasteiger partial charge in [-0.1, -0.05) is 18.2 Å². The summed E-state index contributed by atoms with van der Waals surface area (Å²) in [7, 11) is 0. The number of aromatic hydroxyl groups is 1. The van der Waals surface area contributed by atoms with Crippen molar-refractivity contribution in [3.05, 3.63) is 58.0 Å². The fourth-order valence-corrected chi connectivity index (χ4v) is 2.64. The minimum Gasteiger partial charge on any atom is -0.503 e. The number of aromatic nitrogens is 1. The van der Waals surface area contributed by atoms with Crippen molar-refractivity contribution in [1.82, 2.24) is 4.98 Å². The van der Waals surface area contributed by atoms with Gasteiger partial charge in [0.1, 0.15) is 6.61 Å². The zero-order valence-corrected chi connectivity index (χ0v) is 11.3. The molecule has 0 bridgehead atoms. The molecule has 0 aliphatic carbocycles. The highest BCUT2D eigenvalue weighted by atomic mass is 32.2. The van der Waals surface area contributed by atoms with Gasteiger partial charge in [0.25, 0.3) is 0 Å². The van der Waals surface area contributed by atoms with E-state index in [2.05, 4.69) is 4.98 Å². The number of H-pyrrole nitrogens is 1. The van der Waals surface area contributed by atoms with Crippen LogP contribution in [0.5, 0.6) is 5.75 Å². The number of pyridine rings is 1. The van der Waals surface area contributed by atoms with Crippen LogP contribution in [0.25, 0.3) is 0 Å². The van der Waals surface area contributed by atoms with E-state index in [0.717, 1.165) is 4.90 Å². The Balaban J connectivity index is 2.16. The number of benzene rings is 1. The van der Waals surface area contributed by atoms with Crippen LogP contribution in [0.1, 0.15) is 16.1 Å². The summed E-state index contributed by atoms with van der Waals surface area (Å²) in [6.07, 6.45) is 1.24. The minimum atomic E-state index is -0.534. The Hall–Kier alpha value is -2.05. The number of carbonyl (C=O) groups is 1. The van der Waals surface area contributed by atoms with E-state index >= 15 is 0 Å². The lowest BCUT2D eigenvalue weighted by Gasteiger charge is -2.07. The van der Waals surface area contributed by atoms with Gasteiger partial charge in [0.05, 0.1) is 0 Å². The number of aliphatic hydroxyl groups is 1. The maximum atomic E-state index is 11.6. The quantitative estimate of drug-likeness (QED) is 0.574. The third kappa shape index (κ3) is 3.28. The molecule has 1 aromatic heterocycles. The largest absolute Gasteiger partial charge is 0.503 e. The Kier molecular flexibility index (Phi) is 4.60. The summed E-state index contributed by atoms with van der Waals surface area (Å²) in [5.74, 6) is -0.215. The van der Waals surface area contributed by atoms with Crippen molar-refractivity contribution < 1.29 is 15.0 Å². The van der Waals surface area contributed by atoms with Crippen LogP contribution in [0.3, 0.4) is 0 Å². The Labute approximate surface area is 119 Å². The average Bonchev–Trinajstić information content (AvgIpc) is 2.48. The van der Waals surface area contributed by atoms with Gasteiger partial charge in [-0.3, -0.25) is 9.59 Å². The van der Waals surface area contributed by atoms with Crippen LogP contribution in [0, 0.1) is 0 Å². The zero-order valence-electron chi connectivity index (χ0n) is 10.5. The molecule has 0 saturated carbocycles. The number of ketones is 1. The number of aliphatic hydroxyl groups excluding tert-OH is 1. The van der Waals surface area contributed by atoms with E-state index in [0.29, 0.717) is 17.0 Å². The highest BCUT2D eigenvalue weighted by Crippen LogP contribution is 2.25. The molecule has 0 fully saturated rings. The van der Waals surface area contributed by atoms with E-state index in [1.165, 1.54) is 24.0 Å². The molecule has 3 N–H and O–H groups in total. The predicted octanol–water partition coefficient (Wildman–Crippen LogP) is 1.55. The summed E-state index contributed by atoms with van der Waals surface area (Å²) in [4.78, 5) is 26.4. The molecule has 1 aromatic carbocycles. The molecule has 104 valence electrons. The van der Waals surface area contributed by atoms with Crippen LogP contribution in [-0.4, -0.2) is 27.6 Å². The monoisotopic (exact) mass is 291 g/mol. The van der Waals surface area contributed by atoms with Gasteiger partial charge in [0, 0.05) is 34.2 Å². The van der Waals surface area contributed by atoms with Crippen molar-refractivity contribution in [3.63, 3.8) is 0 Å². The van der Waals surface area contributed by atoms with Crippen molar-refractivity contribution in [2.75, 3.05) is 6.61 Å². The molecule has 0 spiro atoms. The Morgan fingerprint density at radius 2 is 2.05 bits per heavy atom. The molecule has 0 atom stereocenters. The number of aromatic amines is 1. The molecule has 0 unspecified atom stereocenters. The Morgan fingerprint density at radius 1 is 1.30 bits per heavy atom. The van der Waals surface area contributed by atoms with E-state index < -0.39 is 12.0 Å². The molecule has 1 heterocycles. The van der Waals surface area contributed by atoms with Gasteiger partial charge in [-0.2, -0.15) is 0 Å². The third-order valence-electron chi connectivity index (χ3n) is 2.67. The van der Waals surface area contributed by atoms with Crippen molar-refractivity contribution in [2.24, 2.45) is 0 Å². The molecule has 0 radical (unpaired) electrons. The van der Waals surface area contributed by atoms with Crippen LogP contribution in [-0.2, 0) is 5.75 Å². The van der Waals surface area contributed by atoms with Crippen molar-refractivity contribution in [1.29, 1.82) is 0 Å². The van der Waals surface area contributed by atoms with Crippen LogP contribution in [0.4, 0.5) is 0 Å². The second-order valence-corrected chi connectivity index (χ2v) is 5.09. The fraction of sp³-hybridized carbons (Fsp3) is 0.143. The number of nitrogens with one attached hydrogen (secondary N) is 1. The smallest absolute Gasteiger partial charge is 0.223 e. The van der Waals surface area contributed by atoms with Gasteiger partial charge in [-0.05, 0) is 6.07 Å². The van der Waals surface area contributed by atoms with Gasteiger partial charge >= 0.3 is 0 Å². The van der Waals surface area contributed by atoms with E-state index in [-0.39, 0.29) is 11.5 Å². The molecule has 0 aliphatic heterocycles. The zero-order chi connectivity index (χ0) is 14.5. The maximum absolute atomic E-state index is 11.6. The first-order valence-corrected chi connectivity index (χ1v) is 6.87. The normalized spacial score (nSPS) is 10.4. The highest BCUT2D eigenvalue weighted by Gasteiger charge is 2.10. The number of hydrogen-bond donors (Lipinski definition) is 3. The number of rotatable bonds is 5.